The molecule has 2 N–H and O–H groups in total. The summed E-state index contributed by atoms with van der Waals surface area (Å²) < 4.78 is 16.0. The Morgan fingerprint density at radius 3 is 2.26 bits per heavy atom. The van der Waals surface area contributed by atoms with Gasteiger partial charge >= 0.3 is 11.8 Å². The first-order chi connectivity index (χ1) is 11.1. The molecular formula is C16H24N2O5. The first-order valence-corrected chi connectivity index (χ1v) is 7.66. The number of carbonyl (C=O) groups excluding carboxylic acids is 2. The molecule has 0 saturated heterocycles. The molecule has 23 heavy (non-hydrogen) atoms. The summed E-state index contributed by atoms with van der Waals surface area (Å²) in [5.41, 5.74) is 0.445. The van der Waals surface area contributed by atoms with E-state index in [1.807, 2.05) is 20.8 Å². The lowest BCUT2D eigenvalue weighted by Gasteiger charge is -2.17. The molecule has 0 radical (unpaired) electrons. The van der Waals surface area contributed by atoms with Crippen LogP contribution in [0.5, 0.6) is 5.75 Å². The van der Waals surface area contributed by atoms with Crippen LogP contribution in [0.15, 0.2) is 24.3 Å². The van der Waals surface area contributed by atoms with Crippen molar-refractivity contribution < 1.29 is 23.8 Å². The Hall–Kier alpha value is -2.12. The van der Waals surface area contributed by atoms with Gasteiger partial charge in [-0.1, -0.05) is 12.1 Å². The average Bonchev–Trinajstić information content (AvgIpc) is 2.54. The second-order valence-corrected chi connectivity index (χ2v) is 4.43. The molecule has 0 aliphatic heterocycles. The molecule has 1 rings (SSSR count). The molecule has 7 nitrogen and oxygen atoms in total. The summed E-state index contributed by atoms with van der Waals surface area (Å²) in [6, 6.07) is 6.92. The fourth-order valence-electron chi connectivity index (χ4n) is 1.82. The van der Waals surface area contributed by atoms with Gasteiger partial charge in [-0.15, -0.1) is 0 Å². The van der Waals surface area contributed by atoms with Crippen LogP contribution in [0.1, 0.15) is 20.8 Å². The van der Waals surface area contributed by atoms with Crippen LogP contribution < -0.4 is 15.4 Å². The molecule has 0 fully saturated rings. The van der Waals surface area contributed by atoms with E-state index >= 15 is 0 Å². The van der Waals surface area contributed by atoms with Gasteiger partial charge in [0.05, 0.1) is 18.8 Å². The molecule has 0 spiro atoms. The van der Waals surface area contributed by atoms with Crippen molar-refractivity contribution >= 4 is 17.5 Å². The van der Waals surface area contributed by atoms with Crippen LogP contribution in [-0.4, -0.2) is 44.5 Å². The Morgan fingerprint density at radius 2 is 1.65 bits per heavy atom. The summed E-state index contributed by atoms with van der Waals surface area (Å²) in [5, 5.41) is 5.01. The number of para-hydroxylation sites is 2. The first kappa shape index (κ1) is 18.9. The number of benzene rings is 1. The Labute approximate surface area is 136 Å². The van der Waals surface area contributed by atoms with E-state index in [9.17, 15) is 9.59 Å². The Kier molecular flexibility index (Phi) is 8.71. The number of carbonyl (C=O) groups is 2. The molecule has 1 aromatic rings. The summed E-state index contributed by atoms with van der Waals surface area (Å²) in [4.78, 5) is 23.8. The summed E-state index contributed by atoms with van der Waals surface area (Å²) in [6.07, 6.45) is -0.572. The summed E-state index contributed by atoms with van der Waals surface area (Å²) >= 11 is 0. The molecule has 0 heterocycles. The highest BCUT2D eigenvalue weighted by Gasteiger charge is 2.17. The maximum Gasteiger partial charge on any atom is 0.313 e. The fourth-order valence-corrected chi connectivity index (χ4v) is 1.82. The predicted octanol–water partition coefficient (Wildman–Crippen LogP) is 1.54. The molecule has 0 bridgehead atoms. The highest BCUT2D eigenvalue weighted by molar-refractivity contribution is 6.39. The van der Waals surface area contributed by atoms with E-state index < -0.39 is 18.1 Å². The van der Waals surface area contributed by atoms with Gasteiger partial charge in [0.2, 0.25) is 0 Å². The van der Waals surface area contributed by atoms with Gasteiger partial charge in [-0.05, 0) is 32.9 Å². The summed E-state index contributed by atoms with van der Waals surface area (Å²) in [6.45, 7) is 6.96. The number of ether oxygens (including phenoxy) is 3. The van der Waals surface area contributed by atoms with Gasteiger partial charge in [0.25, 0.3) is 0 Å². The standard InChI is InChI=1S/C16H24N2O5/c1-4-21-13-10-8-7-9-12(13)18-16(20)15(19)17-11-14(22-5-2)23-6-3/h7-10,14H,4-6,11H2,1-3H3,(H,17,19)(H,18,20). The zero-order chi connectivity index (χ0) is 17.1. The van der Waals surface area contributed by atoms with E-state index in [4.69, 9.17) is 14.2 Å². The van der Waals surface area contributed by atoms with Crippen molar-refractivity contribution in [3.05, 3.63) is 24.3 Å². The van der Waals surface area contributed by atoms with Crippen molar-refractivity contribution in [3.63, 3.8) is 0 Å². The maximum absolute atomic E-state index is 11.9. The van der Waals surface area contributed by atoms with Gasteiger partial charge < -0.3 is 24.8 Å². The fraction of sp³-hybridized carbons (Fsp3) is 0.500. The van der Waals surface area contributed by atoms with Crippen molar-refractivity contribution in [2.24, 2.45) is 0 Å². The van der Waals surface area contributed by atoms with Crippen LogP contribution in [0, 0.1) is 0 Å². The van der Waals surface area contributed by atoms with Crippen LogP contribution in [-0.2, 0) is 19.1 Å². The maximum atomic E-state index is 11.9. The average molecular weight is 324 g/mol. The van der Waals surface area contributed by atoms with Gasteiger partial charge in [0.1, 0.15) is 5.75 Å². The molecule has 1 aromatic carbocycles. The van der Waals surface area contributed by atoms with Crippen LogP contribution in [0.3, 0.4) is 0 Å². The lowest BCUT2D eigenvalue weighted by atomic mass is 10.3. The Bertz CT molecular complexity index is 501. The lowest BCUT2D eigenvalue weighted by Crippen LogP contribution is -2.41. The second-order valence-electron chi connectivity index (χ2n) is 4.43. The van der Waals surface area contributed by atoms with E-state index in [0.717, 1.165) is 0 Å². The quantitative estimate of drug-likeness (QED) is 0.531. The number of rotatable bonds is 9. The SMILES string of the molecule is CCOc1ccccc1NC(=O)C(=O)NCC(OCC)OCC. The number of hydrogen-bond acceptors (Lipinski definition) is 5. The topological polar surface area (TPSA) is 85.9 Å². The molecule has 2 amide bonds. The zero-order valence-corrected chi connectivity index (χ0v) is 13.8. The molecule has 0 atom stereocenters. The van der Waals surface area contributed by atoms with Gasteiger partial charge in [-0.3, -0.25) is 9.59 Å². The van der Waals surface area contributed by atoms with Gasteiger partial charge in [0, 0.05) is 13.2 Å². The highest BCUT2D eigenvalue weighted by atomic mass is 16.7. The van der Waals surface area contributed by atoms with E-state index in [1.165, 1.54) is 0 Å². The lowest BCUT2D eigenvalue weighted by molar-refractivity contribution is -0.145. The molecule has 128 valence electrons. The normalized spacial score (nSPS) is 10.4. The number of hydrogen-bond donors (Lipinski definition) is 2. The monoisotopic (exact) mass is 324 g/mol. The van der Waals surface area contributed by atoms with Crippen LogP contribution >= 0.6 is 0 Å². The van der Waals surface area contributed by atoms with E-state index in [0.29, 0.717) is 31.3 Å². The van der Waals surface area contributed by atoms with Crippen LogP contribution in [0.2, 0.25) is 0 Å². The predicted molar refractivity (Wildman–Crippen MR) is 86.3 cm³/mol. The van der Waals surface area contributed by atoms with E-state index in [1.54, 1.807) is 24.3 Å². The van der Waals surface area contributed by atoms with Gasteiger partial charge in [-0.25, -0.2) is 0 Å². The zero-order valence-electron chi connectivity index (χ0n) is 13.8. The minimum atomic E-state index is -0.774. The summed E-state index contributed by atoms with van der Waals surface area (Å²) in [7, 11) is 0. The minimum Gasteiger partial charge on any atom is -0.492 e. The second kappa shape index (κ2) is 10.6. The number of anilines is 1. The van der Waals surface area contributed by atoms with E-state index in [2.05, 4.69) is 10.6 Å². The highest BCUT2D eigenvalue weighted by Crippen LogP contribution is 2.23. The third-order valence-corrected chi connectivity index (χ3v) is 2.78. The van der Waals surface area contributed by atoms with Crippen LogP contribution in [0.4, 0.5) is 5.69 Å². The largest absolute Gasteiger partial charge is 0.492 e. The minimum absolute atomic E-state index is 0.0983. The molecular weight excluding hydrogens is 300 g/mol. The third kappa shape index (κ3) is 6.66. The van der Waals surface area contributed by atoms with Crippen molar-refractivity contribution in [1.82, 2.24) is 5.32 Å². The molecule has 7 heteroatoms. The number of nitrogens with one attached hydrogen (secondary N) is 2. The first-order valence-electron chi connectivity index (χ1n) is 7.66. The van der Waals surface area contributed by atoms with Crippen molar-refractivity contribution in [3.8, 4) is 5.75 Å². The third-order valence-electron chi connectivity index (χ3n) is 2.78. The molecule has 0 saturated carbocycles. The molecule has 0 aliphatic rings. The van der Waals surface area contributed by atoms with E-state index in [-0.39, 0.29) is 6.54 Å². The smallest absolute Gasteiger partial charge is 0.313 e. The van der Waals surface area contributed by atoms with Gasteiger partial charge in [0.15, 0.2) is 6.29 Å². The Morgan fingerprint density at radius 1 is 1.00 bits per heavy atom. The molecule has 0 aromatic heterocycles. The van der Waals surface area contributed by atoms with Crippen molar-refractivity contribution in [2.75, 3.05) is 31.7 Å². The van der Waals surface area contributed by atoms with Crippen molar-refractivity contribution in [1.29, 1.82) is 0 Å². The molecule has 0 aliphatic carbocycles. The molecule has 0 unspecified atom stereocenters. The van der Waals surface area contributed by atoms with Crippen LogP contribution in [0.25, 0.3) is 0 Å². The Balaban J connectivity index is 2.55. The van der Waals surface area contributed by atoms with Crippen molar-refractivity contribution in [2.45, 2.75) is 27.1 Å². The van der Waals surface area contributed by atoms with Gasteiger partial charge in [-0.2, -0.15) is 0 Å². The number of amides is 2. The summed E-state index contributed by atoms with van der Waals surface area (Å²) in [5.74, 6) is -1.03.